The Kier molecular flexibility index (Phi) is 7.12. The number of hydrogen-bond donors (Lipinski definition) is 2. The van der Waals surface area contributed by atoms with Gasteiger partial charge in [-0.05, 0) is 84.5 Å². The summed E-state index contributed by atoms with van der Waals surface area (Å²) < 4.78 is 33.5. The summed E-state index contributed by atoms with van der Waals surface area (Å²) in [4.78, 5) is 12.3. The normalized spacial score (nSPS) is 11.7. The number of carbonyl (C=O) groups is 1. The molecule has 2 N–H and O–H groups in total. The van der Waals surface area contributed by atoms with E-state index in [0.29, 0.717) is 17.1 Å². The molecule has 7 heteroatoms. The van der Waals surface area contributed by atoms with E-state index < -0.39 is 10.0 Å². The van der Waals surface area contributed by atoms with Gasteiger partial charge in [0.2, 0.25) is 0 Å². The van der Waals surface area contributed by atoms with E-state index in [-0.39, 0.29) is 22.8 Å². The van der Waals surface area contributed by atoms with Gasteiger partial charge in [-0.2, -0.15) is 0 Å². The fourth-order valence-corrected chi connectivity index (χ4v) is 4.40. The first-order valence-electron chi connectivity index (χ1n) is 10.7. The molecule has 3 aromatic rings. The Hall–Kier alpha value is -3.32. The number of sulfonamides is 1. The number of benzene rings is 3. The third-order valence-corrected chi connectivity index (χ3v) is 6.41. The van der Waals surface area contributed by atoms with Crippen LogP contribution in [0.25, 0.3) is 0 Å². The second-order valence-electron chi connectivity index (χ2n) is 9.12. The molecule has 0 bridgehead atoms. The molecular formula is C26H30N2O4S. The molecule has 0 aromatic heterocycles. The minimum atomic E-state index is -3.74. The Balaban J connectivity index is 1.57. The molecule has 6 nitrogen and oxygen atoms in total. The predicted octanol–water partition coefficient (Wildman–Crippen LogP) is 5.42. The summed E-state index contributed by atoms with van der Waals surface area (Å²) in [6, 6.07) is 19.2. The largest absolute Gasteiger partial charge is 0.484 e. The lowest BCUT2D eigenvalue weighted by molar-refractivity contribution is -0.118. The molecule has 3 rings (SSSR count). The number of hydrogen-bond acceptors (Lipinski definition) is 4. The van der Waals surface area contributed by atoms with Gasteiger partial charge < -0.3 is 10.1 Å². The lowest BCUT2D eigenvalue weighted by Crippen LogP contribution is -2.20. The van der Waals surface area contributed by atoms with E-state index in [1.54, 1.807) is 24.3 Å². The van der Waals surface area contributed by atoms with Crippen LogP contribution in [0, 0.1) is 13.8 Å². The fourth-order valence-electron chi connectivity index (χ4n) is 3.36. The van der Waals surface area contributed by atoms with Gasteiger partial charge in [-0.1, -0.05) is 39.0 Å². The third kappa shape index (κ3) is 6.83. The van der Waals surface area contributed by atoms with Crippen molar-refractivity contribution in [2.45, 2.75) is 44.9 Å². The van der Waals surface area contributed by atoms with Crippen molar-refractivity contribution >= 4 is 27.3 Å². The van der Waals surface area contributed by atoms with Gasteiger partial charge >= 0.3 is 0 Å². The summed E-state index contributed by atoms with van der Waals surface area (Å²) in [7, 11) is -3.74. The second kappa shape index (κ2) is 9.67. The van der Waals surface area contributed by atoms with Crippen LogP contribution in [0.15, 0.2) is 71.6 Å². The fraction of sp³-hybridized carbons (Fsp3) is 0.269. The number of carbonyl (C=O) groups excluding carboxylic acids is 1. The number of rotatable bonds is 7. The van der Waals surface area contributed by atoms with Crippen LogP contribution in [0.3, 0.4) is 0 Å². The molecule has 0 atom stereocenters. The zero-order valence-electron chi connectivity index (χ0n) is 19.6. The first-order valence-corrected chi connectivity index (χ1v) is 12.2. The lowest BCUT2D eigenvalue weighted by atomic mass is 9.87. The molecule has 0 unspecified atom stereocenters. The molecule has 1 amide bonds. The van der Waals surface area contributed by atoms with Gasteiger partial charge in [0.05, 0.1) is 4.90 Å². The maximum atomic E-state index is 12.7. The van der Waals surface area contributed by atoms with E-state index in [1.807, 2.05) is 44.2 Å². The average molecular weight is 467 g/mol. The van der Waals surface area contributed by atoms with Gasteiger partial charge in [0.25, 0.3) is 15.9 Å². The average Bonchev–Trinajstić information content (AvgIpc) is 2.71. The molecule has 33 heavy (non-hydrogen) atoms. The van der Waals surface area contributed by atoms with Gasteiger partial charge in [-0.15, -0.1) is 0 Å². The van der Waals surface area contributed by atoms with Gasteiger partial charge in [-0.3, -0.25) is 9.52 Å². The molecule has 0 aliphatic rings. The Labute approximate surface area is 196 Å². The van der Waals surface area contributed by atoms with Crippen molar-refractivity contribution in [1.82, 2.24) is 0 Å². The van der Waals surface area contributed by atoms with E-state index in [4.69, 9.17) is 4.74 Å². The summed E-state index contributed by atoms with van der Waals surface area (Å²) in [5, 5.41) is 2.71. The highest BCUT2D eigenvalue weighted by Crippen LogP contribution is 2.24. The van der Waals surface area contributed by atoms with E-state index in [9.17, 15) is 13.2 Å². The highest BCUT2D eigenvalue weighted by atomic mass is 32.2. The van der Waals surface area contributed by atoms with Gasteiger partial charge in [0, 0.05) is 11.4 Å². The quantitative estimate of drug-likeness (QED) is 0.487. The van der Waals surface area contributed by atoms with Crippen molar-refractivity contribution in [1.29, 1.82) is 0 Å². The molecule has 0 aliphatic carbocycles. The predicted molar refractivity (Wildman–Crippen MR) is 132 cm³/mol. The molecule has 3 aromatic carbocycles. The van der Waals surface area contributed by atoms with Crippen LogP contribution >= 0.6 is 0 Å². The van der Waals surface area contributed by atoms with E-state index in [0.717, 1.165) is 11.1 Å². The first kappa shape index (κ1) is 24.3. The van der Waals surface area contributed by atoms with Crippen LogP contribution in [-0.4, -0.2) is 20.9 Å². The Morgan fingerprint density at radius 3 is 1.97 bits per heavy atom. The van der Waals surface area contributed by atoms with Crippen LogP contribution in [0.5, 0.6) is 5.75 Å². The molecule has 0 radical (unpaired) electrons. The van der Waals surface area contributed by atoms with Crippen LogP contribution in [0.4, 0.5) is 11.4 Å². The second-order valence-corrected chi connectivity index (χ2v) is 10.8. The van der Waals surface area contributed by atoms with Gasteiger partial charge in [0.15, 0.2) is 6.61 Å². The van der Waals surface area contributed by atoms with E-state index in [1.165, 1.54) is 17.7 Å². The molecule has 0 saturated heterocycles. The smallest absolute Gasteiger partial charge is 0.262 e. The van der Waals surface area contributed by atoms with Crippen molar-refractivity contribution in [3.63, 3.8) is 0 Å². The summed E-state index contributed by atoms with van der Waals surface area (Å²) in [5.74, 6) is 0.274. The van der Waals surface area contributed by atoms with Crippen molar-refractivity contribution in [3.05, 3.63) is 83.4 Å². The minimum Gasteiger partial charge on any atom is -0.484 e. The molecular weight excluding hydrogens is 436 g/mol. The summed E-state index contributed by atoms with van der Waals surface area (Å²) in [6.07, 6.45) is 0. The van der Waals surface area contributed by atoms with Crippen LogP contribution < -0.4 is 14.8 Å². The monoisotopic (exact) mass is 466 g/mol. The van der Waals surface area contributed by atoms with Crippen molar-refractivity contribution in [2.24, 2.45) is 0 Å². The standard InChI is InChI=1S/C26H30N2O4S/c1-18-14-19(2)16-22(15-18)28-33(30,31)24-12-8-21(9-13-24)27-25(29)17-32-23-10-6-20(7-11-23)26(3,4)5/h6-16,28H,17H2,1-5H3,(H,27,29). The van der Waals surface area contributed by atoms with Crippen LogP contribution in [0.2, 0.25) is 0 Å². The zero-order chi connectivity index (χ0) is 24.2. The number of nitrogens with one attached hydrogen (secondary N) is 2. The summed E-state index contributed by atoms with van der Waals surface area (Å²) in [5.41, 5.74) is 4.16. The lowest BCUT2D eigenvalue weighted by Gasteiger charge is -2.19. The molecule has 0 saturated carbocycles. The molecule has 0 spiro atoms. The highest BCUT2D eigenvalue weighted by Gasteiger charge is 2.15. The molecule has 174 valence electrons. The van der Waals surface area contributed by atoms with Gasteiger partial charge in [-0.25, -0.2) is 8.42 Å². The maximum Gasteiger partial charge on any atom is 0.262 e. The Morgan fingerprint density at radius 2 is 1.42 bits per heavy atom. The third-order valence-electron chi connectivity index (χ3n) is 5.01. The van der Waals surface area contributed by atoms with Crippen LogP contribution in [-0.2, 0) is 20.2 Å². The summed E-state index contributed by atoms with van der Waals surface area (Å²) >= 11 is 0. The first-order chi connectivity index (χ1) is 15.4. The van der Waals surface area contributed by atoms with E-state index in [2.05, 4.69) is 30.8 Å². The van der Waals surface area contributed by atoms with E-state index >= 15 is 0 Å². The Morgan fingerprint density at radius 1 is 0.848 bits per heavy atom. The van der Waals surface area contributed by atoms with Crippen molar-refractivity contribution < 1.29 is 17.9 Å². The molecule has 0 fully saturated rings. The highest BCUT2D eigenvalue weighted by molar-refractivity contribution is 7.92. The Bertz CT molecular complexity index is 1210. The van der Waals surface area contributed by atoms with Crippen molar-refractivity contribution in [2.75, 3.05) is 16.6 Å². The van der Waals surface area contributed by atoms with Crippen LogP contribution in [0.1, 0.15) is 37.5 Å². The number of amides is 1. The molecule has 0 heterocycles. The number of ether oxygens (including phenoxy) is 1. The number of anilines is 2. The molecule has 0 aliphatic heterocycles. The zero-order valence-corrected chi connectivity index (χ0v) is 20.4. The maximum absolute atomic E-state index is 12.7. The van der Waals surface area contributed by atoms with Crippen molar-refractivity contribution in [3.8, 4) is 5.75 Å². The minimum absolute atomic E-state index is 0.0457. The summed E-state index contributed by atoms with van der Waals surface area (Å²) in [6.45, 7) is 10.1. The SMILES string of the molecule is Cc1cc(C)cc(NS(=O)(=O)c2ccc(NC(=O)COc3ccc(C(C)(C)C)cc3)cc2)c1. The van der Waals surface area contributed by atoms with Gasteiger partial charge in [0.1, 0.15) is 5.75 Å². The number of aryl methyl sites for hydroxylation is 2. The topological polar surface area (TPSA) is 84.5 Å².